The molecule has 0 aromatic heterocycles. The summed E-state index contributed by atoms with van der Waals surface area (Å²) in [6.07, 6.45) is 2.40. The molecule has 1 aromatic rings. The molecule has 0 radical (unpaired) electrons. The molecule has 5 heteroatoms. The van der Waals surface area contributed by atoms with Gasteiger partial charge in [0.2, 0.25) is 0 Å². The number of hydrogen-bond acceptors (Lipinski definition) is 3. The molecule has 2 amide bonds. The number of hydrogen-bond donors (Lipinski definition) is 3. The van der Waals surface area contributed by atoms with Crippen LogP contribution in [-0.4, -0.2) is 34.7 Å². The molecular formula is C16H24N2O2S. The zero-order valence-corrected chi connectivity index (χ0v) is 13.2. The molecule has 0 bridgehead atoms. The summed E-state index contributed by atoms with van der Waals surface area (Å²) in [5.41, 5.74) is 0.883. The van der Waals surface area contributed by atoms with E-state index in [4.69, 9.17) is 0 Å². The fraction of sp³-hybridized carbons (Fsp3) is 0.562. The van der Waals surface area contributed by atoms with Gasteiger partial charge in [-0.05, 0) is 37.5 Å². The Bertz CT molecular complexity index is 435. The second kappa shape index (κ2) is 8.29. The minimum Gasteiger partial charge on any atom is -0.388 e. The van der Waals surface area contributed by atoms with Crippen molar-refractivity contribution in [3.05, 3.63) is 35.9 Å². The Balaban J connectivity index is 1.68. The molecule has 1 fully saturated rings. The van der Waals surface area contributed by atoms with Gasteiger partial charge in [-0.15, -0.1) is 0 Å². The first-order valence-corrected chi connectivity index (χ1v) is 8.59. The lowest BCUT2D eigenvalue weighted by atomic mass is 10.0. The second-order valence-electron chi connectivity index (χ2n) is 5.55. The average Bonchev–Trinajstić information content (AvgIpc) is 2.99. The van der Waals surface area contributed by atoms with Crippen LogP contribution in [0.5, 0.6) is 0 Å². The maximum atomic E-state index is 11.8. The van der Waals surface area contributed by atoms with Crippen molar-refractivity contribution in [3.63, 3.8) is 0 Å². The molecule has 4 nitrogen and oxygen atoms in total. The van der Waals surface area contributed by atoms with Crippen molar-refractivity contribution in [3.8, 4) is 0 Å². The lowest BCUT2D eigenvalue weighted by Crippen LogP contribution is -2.43. The molecule has 3 N–H and O–H groups in total. The van der Waals surface area contributed by atoms with E-state index in [0.717, 1.165) is 12.1 Å². The molecule has 1 aliphatic rings. The summed E-state index contributed by atoms with van der Waals surface area (Å²) in [5.74, 6) is 1.20. The van der Waals surface area contributed by atoms with Gasteiger partial charge in [0.25, 0.3) is 0 Å². The summed E-state index contributed by atoms with van der Waals surface area (Å²) in [6.45, 7) is 2.64. The van der Waals surface area contributed by atoms with Crippen LogP contribution in [0.3, 0.4) is 0 Å². The Hall–Kier alpha value is -1.20. The predicted molar refractivity (Wildman–Crippen MR) is 87.5 cm³/mol. The number of benzene rings is 1. The SMILES string of the molecule is CC(CC(O)c1ccccc1)NC(=O)NCC1CCCS1. The molecule has 3 unspecified atom stereocenters. The number of carbonyl (C=O) groups excluding carboxylic acids is 1. The molecular weight excluding hydrogens is 284 g/mol. The van der Waals surface area contributed by atoms with Gasteiger partial charge in [-0.1, -0.05) is 30.3 Å². The summed E-state index contributed by atoms with van der Waals surface area (Å²) in [5, 5.41) is 16.5. The number of urea groups is 1. The van der Waals surface area contributed by atoms with E-state index >= 15 is 0 Å². The number of nitrogens with one attached hydrogen (secondary N) is 2. The van der Waals surface area contributed by atoms with Gasteiger partial charge in [-0.2, -0.15) is 11.8 Å². The van der Waals surface area contributed by atoms with Crippen molar-refractivity contribution in [1.29, 1.82) is 0 Å². The average molecular weight is 308 g/mol. The van der Waals surface area contributed by atoms with Gasteiger partial charge in [0.1, 0.15) is 0 Å². The van der Waals surface area contributed by atoms with Gasteiger partial charge < -0.3 is 15.7 Å². The highest BCUT2D eigenvalue weighted by Crippen LogP contribution is 2.25. The Kier molecular flexibility index (Phi) is 6.39. The number of aliphatic hydroxyl groups is 1. The third-order valence-electron chi connectivity index (χ3n) is 3.65. The largest absolute Gasteiger partial charge is 0.388 e. The van der Waals surface area contributed by atoms with Crippen LogP contribution in [0.25, 0.3) is 0 Å². The first-order valence-electron chi connectivity index (χ1n) is 7.54. The highest BCUT2D eigenvalue weighted by molar-refractivity contribution is 8.00. The third kappa shape index (κ3) is 5.59. The predicted octanol–water partition coefficient (Wildman–Crippen LogP) is 2.69. The first-order chi connectivity index (χ1) is 10.1. The summed E-state index contributed by atoms with van der Waals surface area (Å²) in [7, 11) is 0. The van der Waals surface area contributed by atoms with E-state index < -0.39 is 6.10 Å². The van der Waals surface area contributed by atoms with Crippen molar-refractivity contribution >= 4 is 17.8 Å². The minimum atomic E-state index is -0.549. The van der Waals surface area contributed by atoms with Crippen molar-refractivity contribution in [1.82, 2.24) is 10.6 Å². The topological polar surface area (TPSA) is 61.4 Å². The monoisotopic (exact) mass is 308 g/mol. The normalized spacial score (nSPS) is 20.8. The maximum Gasteiger partial charge on any atom is 0.315 e. The first kappa shape index (κ1) is 16.2. The number of rotatable bonds is 6. The van der Waals surface area contributed by atoms with E-state index in [1.54, 1.807) is 0 Å². The number of thioether (sulfide) groups is 1. The minimum absolute atomic E-state index is 0.0727. The van der Waals surface area contributed by atoms with Crippen LogP contribution < -0.4 is 10.6 Å². The summed E-state index contributed by atoms with van der Waals surface area (Å²) in [4.78, 5) is 11.8. The van der Waals surface area contributed by atoms with Gasteiger partial charge in [0.15, 0.2) is 0 Å². The molecule has 1 saturated heterocycles. The van der Waals surface area contributed by atoms with Crippen molar-refractivity contribution in [2.75, 3.05) is 12.3 Å². The zero-order chi connectivity index (χ0) is 15.1. The molecule has 116 valence electrons. The van der Waals surface area contributed by atoms with Crippen LogP contribution >= 0.6 is 11.8 Å². The Labute approximate surface area is 130 Å². The highest BCUT2D eigenvalue weighted by Gasteiger charge is 2.17. The van der Waals surface area contributed by atoms with E-state index in [1.165, 1.54) is 18.6 Å². The third-order valence-corrected chi connectivity index (χ3v) is 5.05. The Morgan fingerprint density at radius 3 is 2.86 bits per heavy atom. The van der Waals surface area contributed by atoms with Crippen LogP contribution in [0.1, 0.15) is 37.9 Å². The molecule has 1 aliphatic heterocycles. The fourth-order valence-corrected chi connectivity index (χ4v) is 3.69. The zero-order valence-electron chi connectivity index (χ0n) is 12.4. The van der Waals surface area contributed by atoms with Crippen molar-refractivity contribution in [2.45, 2.75) is 43.6 Å². The summed E-state index contributed by atoms with van der Waals surface area (Å²) in [6, 6.07) is 9.31. The molecule has 1 aromatic carbocycles. The summed E-state index contributed by atoms with van der Waals surface area (Å²) < 4.78 is 0. The van der Waals surface area contributed by atoms with Crippen LogP contribution in [0.2, 0.25) is 0 Å². The van der Waals surface area contributed by atoms with Gasteiger partial charge in [-0.3, -0.25) is 0 Å². The second-order valence-corrected chi connectivity index (χ2v) is 6.96. The van der Waals surface area contributed by atoms with E-state index in [9.17, 15) is 9.90 Å². The van der Waals surface area contributed by atoms with E-state index in [1.807, 2.05) is 49.0 Å². The highest BCUT2D eigenvalue weighted by atomic mass is 32.2. The van der Waals surface area contributed by atoms with Gasteiger partial charge in [0, 0.05) is 17.8 Å². The maximum absolute atomic E-state index is 11.8. The lowest BCUT2D eigenvalue weighted by molar-refractivity contribution is 0.154. The van der Waals surface area contributed by atoms with Gasteiger partial charge in [0.05, 0.1) is 6.10 Å². The van der Waals surface area contributed by atoms with Crippen molar-refractivity contribution < 1.29 is 9.90 Å². The molecule has 3 atom stereocenters. The number of amides is 2. The smallest absolute Gasteiger partial charge is 0.315 e. The number of aliphatic hydroxyl groups excluding tert-OH is 1. The Morgan fingerprint density at radius 1 is 1.43 bits per heavy atom. The van der Waals surface area contributed by atoms with Crippen LogP contribution in [0.4, 0.5) is 4.79 Å². The van der Waals surface area contributed by atoms with Gasteiger partial charge >= 0.3 is 6.03 Å². The van der Waals surface area contributed by atoms with Crippen LogP contribution in [0.15, 0.2) is 30.3 Å². The molecule has 0 spiro atoms. The molecule has 2 rings (SSSR count). The fourth-order valence-electron chi connectivity index (χ4n) is 2.49. The molecule has 1 heterocycles. The quantitative estimate of drug-likeness (QED) is 0.757. The van der Waals surface area contributed by atoms with Gasteiger partial charge in [-0.25, -0.2) is 4.79 Å². The number of carbonyl (C=O) groups is 1. The van der Waals surface area contributed by atoms with E-state index in [0.29, 0.717) is 11.7 Å². The van der Waals surface area contributed by atoms with E-state index in [-0.39, 0.29) is 12.1 Å². The molecule has 0 aliphatic carbocycles. The standard InChI is InChI=1S/C16H24N2O2S/c1-12(10-15(19)13-6-3-2-4-7-13)18-16(20)17-11-14-8-5-9-21-14/h2-4,6-7,12,14-15,19H,5,8-11H2,1H3,(H2,17,18,20). The van der Waals surface area contributed by atoms with Crippen LogP contribution in [0, 0.1) is 0 Å². The summed E-state index contributed by atoms with van der Waals surface area (Å²) >= 11 is 1.93. The Morgan fingerprint density at radius 2 is 2.19 bits per heavy atom. The van der Waals surface area contributed by atoms with E-state index in [2.05, 4.69) is 10.6 Å². The van der Waals surface area contributed by atoms with Crippen molar-refractivity contribution in [2.24, 2.45) is 0 Å². The molecule has 0 saturated carbocycles. The molecule has 21 heavy (non-hydrogen) atoms. The lowest BCUT2D eigenvalue weighted by Gasteiger charge is -2.19. The van der Waals surface area contributed by atoms with Crippen LogP contribution in [-0.2, 0) is 0 Å².